The van der Waals surface area contributed by atoms with E-state index in [2.05, 4.69) is 12.0 Å². The van der Waals surface area contributed by atoms with E-state index in [-0.39, 0.29) is 5.91 Å². The third-order valence-electron chi connectivity index (χ3n) is 3.16. The van der Waals surface area contributed by atoms with Crippen LogP contribution in [0.4, 0.5) is 0 Å². The molecule has 0 saturated carbocycles. The van der Waals surface area contributed by atoms with E-state index >= 15 is 0 Å². The van der Waals surface area contributed by atoms with Crippen molar-refractivity contribution >= 4 is 23.6 Å². The first-order valence-electron chi connectivity index (χ1n) is 7.04. The minimum atomic E-state index is -0.151. The lowest BCUT2D eigenvalue weighted by molar-refractivity contribution is -0.124. The van der Waals surface area contributed by atoms with Gasteiger partial charge in [0.25, 0.3) is 0 Å². The molecule has 5 nitrogen and oxygen atoms in total. The summed E-state index contributed by atoms with van der Waals surface area (Å²) < 4.78 is 1.77. The van der Waals surface area contributed by atoms with E-state index in [9.17, 15) is 4.79 Å². The van der Waals surface area contributed by atoms with Crippen LogP contribution in [0.5, 0.6) is 0 Å². The van der Waals surface area contributed by atoms with E-state index in [0.29, 0.717) is 18.1 Å². The van der Waals surface area contributed by atoms with E-state index in [1.807, 2.05) is 13.0 Å². The number of likely N-dealkylation sites (N-methyl/N-ethyl adjacent to an activating group) is 1. The zero-order valence-electron chi connectivity index (χ0n) is 12.8. The van der Waals surface area contributed by atoms with E-state index in [1.165, 1.54) is 11.0 Å². The molecule has 114 valence electrons. The van der Waals surface area contributed by atoms with E-state index in [0.717, 1.165) is 30.6 Å². The van der Waals surface area contributed by atoms with Crippen LogP contribution in [0.2, 0.25) is 5.15 Å². The number of nitrogens with zero attached hydrogens (tertiary/aromatic N) is 4. The first-order valence-corrected chi connectivity index (χ1v) is 7.42. The van der Waals surface area contributed by atoms with Gasteiger partial charge in [0.1, 0.15) is 5.15 Å². The Labute approximate surface area is 130 Å². The normalized spacial score (nSPS) is 10.8. The molecule has 0 spiro atoms. The molecule has 21 heavy (non-hydrogen) atoms. The third-order valence-corrected chi connectivity index (χ3v) is 3.56. The Bertz CT molecular complexity index is 557. The second-order valence-corrected chi connectivity index (χ2v) is 5.23. The Morgan fingerprint density at radius 2 is 2.29 bits per heavy atom. The van der Waals surface area contributed by atoms with Gasteiger partial charge in [-0.15, -0.1) is 0 Å². The topological polar surface area (TPSA) is 61.9 Å². The van der Waals surface area contributed by atoms with Crippen LogP contribution in [0, 0.1) is 18.3 Å². The van der Waals surface area contributed by atoms with Gasteiger partial charge in [-0.05, 0) is 19.4 Å². The van der Waals surface area contributed by atoms with Gasteiger partial charge < -0.3 is 4.90 Å². The van der Waals surface area contributed by atoms with Gasteiger partial charge in [-0.2, -0.15) is 10.4 Å². The molecule has 0 fully saturated rings. The van der Waals surface area contributed by atoms with Gasteiger partial charge in [-0.1, -0.05) is 24.9 Å². The maximum Gasteiger partial charge on any atom is 0.246 e. The molecule has 1 amide bonds. The van der Waals surface area contributed by atoms with Gasteiger partial charge in [-0.25, -0.2) is 0 Å². The molecule has 0 aliphatic rings. The maximum absolute atomic E-state index is 11.9. The highest BCUT2D eigenvalue weighted by atomic mass is 35.5. The summed E-state index contributed by atoms with van der Waals surface area (Å²) in [4.78, 5) is 13.4. The fourth-order valence-electron chi connectivity index (χ4n) is 1.82. The molecule has 1 heterocycles. The van der Waals surface area contributed by atoms with E-state index in [1.54, 1.807) is 17.8 Å². The fraction of sp³-hybridized carbons (Fsp3) is 0.533. The largest absolute Gasteiger partial charge is 0.341 e. The predicted octanol–water partition coefficient (Wildman–Crippen LogP) is 3.03. The van der Waals surface area contributed by atoms with Crippen LogP contribution >= 0.6 is 11.6 Å². The standard InChI is InChI=1S/C15H21ClN4O/c1-4-5-11-20-15(16)13(12(2)18-20)7-8-14(21)19(3)10-6-9-17/h7-8H,4-6,10-11H2,1-3H3/b8-7+. The minimum absolute atomic E-state index is 0.151. The van der Waals surface area contributed by atoms with Crippen molar-refractivity contribution in [3.05, 3.63) is 22.5 Å². The Hall–Kier alpha value is -1.80. The summed E-state index contributed by atoms with van der Waals surface area (Å²) in [5.41, 5.74) is 1.58. The number of rotatable bonds is 7. The van der Waals surface area contributed by atoms with E-state index in [4.69, 9.17) is 16.9 Å². The van der Waals surface area contributed by atoms with Crippen molar-refractivity contribution in [2.24, 2.45) is 0 Å². The quantitative estimate of drug-likeness (QED) is 0.727. The maximum atomic E-state index is 11.9. The number of aromatic nitrogens is 2. The van der Waals surface area contributed by atoms with Crippen molar-refractivity contribution in [2.45, 2.75) is 39.7 Å². The van der Waals surface area contributed by atoms with Crippen molar-refractivity contribution in [2.75, 3.05) is 13.6 Å². The van der Waals surface area contributed by atoms with Gasteiger partial charge >= 0.3 is 0 Å². The molecular weight excluding hydrogens is 288 g/mol. The lowest BCUT2D eigenvalue weighted by Gasteiger charge is -2.12. The fourth-order valence-corrected chi connectivity index (χ4v) is 2.14. The number of carbonyl (C=O) groups is 1. The van der Waals surface area contributed by atoms with Crippen LogP contribution in [0.1, 0.15) is 37.4 Å². The molecule has 0 aromatic carbocycles. The number of hydrogen-bond acceptors (Lipinski definition) is 3. The van der Waals surface area contributed by atoms with Crippen LogP contribution < -0.4 is 0 Å². The van der Waals surface area contributed by atoms with Gasteiger partial charge in [0, 0.05) is 31.8 Å². The monoisotopic (exact) mass is 308 g/mol. The van der Waals surface area contributed by atoms with Gasteiger partial charge in [0.15, 0.2) is 0 Å². The first-order chi connectivity index (χ1) is 10.0. The lowest BCUT2D eigenvalue weighted by atomic mass is 10.2. The molecule has 0 bridgehead atoms. The molecule has 1 aromatic rings. The molecule has 0 unspecified atom stereocenters. The molecule has 6 heteroatoms. The number of carbonyl (C=O) groups excluding carboxylic acids is 1. The number of unbranched alkanes of at least 4 members (excludes halogenated alkanes) is 1. The Kier molecular flexibility index (Phi) is 6.97. The number of aryl methyl sites for hydroxylation is 2. The van der Waals surface area contributed by atoms with Gasteiger partial charge in [0.2, 0.25) is 5.91 Å². The molecule has 0 radical (unpaired) electrons. The highest BCUT2D eigenvalue weighted by molar-refractivity contribution is 6.31. The van der Waals surface area contributed by atoms with Crippen LogP contribution in [0.3, 0.4) is 0 Å². The highest BCUT2D eigenvalue weighted by Crippen LogP contribution is 2.21. The smallest absolute Gasteiger partial charge is 0.246 e. The van der Waals surface area contributed by atoms with Crippen molar-refractivity contribution in [1.82, 2.24) is 14.7 Å². The second-order valence-electron chi connectivity index (χ2n) is 4.87. The summed E-state index contributed by atoms with van der Waals surface area (Å²) in [5, 5.41) is 13.5. The van der Waals surface area contributed by atoms with Gasteiger partial charge in [-0.3, -0.25) is 9.48 Å². The molecule has 0 atom stereocenters. The molecule has 0 N–H and O–H groups in total. The van der Waals surface area contributed by atoms with Crippen LogP contribution in [0.15, 0.2) is 6.08 Å². The van der Waals surface area contributed by atoms with Crippen molar-refractivity contribution in [3.63, 3.8) is 0 Å². The molecule has 0 saturated heterocycles. The molecule has 0 aliphatic heterocycles. The average molecular weight is 309 g/mol. The Balaban J connectivity index is 2.78. The minimum Gasteiger partial charge on any atom is -0.341 e. The Morgan fingerprint density at radius 3 is 2.90 bits per heavy atom. The number of amides is 1. The highest BCUT2D eigenvalue weighted by Gasteiger charge is 2.11. The Morgan fingerprint density at radius 1 is 1.57 bits per heavy atom. The zero-order chi connectivity index (χ0) is 15.8. The molecule has 0 aliphatic carbocycles. The van der Waals surface area contributed by atoms with Gasteiger partial charge in [0.05, 0.1) is 18.2 Å². The van der Waals surface area contributed by atoms with Crippen molar-refractivity contribution in [3.8, 4) is 6.07 Å². The molecule has 1 aromatic heterocycles. The summed E-state index contributed by atoms with van der Waals surface area (Å²) in [7, 11) is 1.67. The summed E-state index contributed by atoms with van der Waals surface area (Å²) in [6, 6.07) is 2.02. The summed E-state index contributed by atoms with van der Waals surface area (Å²) in [6.07, 6.45) is 5.57. The number of hydrogen-bond donors (Lipinski definition) is 0. The van der Waals surface area contributed by atoms with Crippen molar-refractivity contribution in [1.29, 1.82) is 5.26 Å². The number of halogens is 1. The van der Waals surface area contributed by atoms with Crippen LogP contribution in [-0.4, -0.2) is 34.2 Å². The first kappa shape index (κ1) is 17.3. The molecule has 1 rings (SSSR count). The second kappa shape index (κ2) is 8.48. The average Bonchev–Trinajstić information content (AvgIpc) is 2.74. The summed E-state index contributed by atoms with van der Waals surface area (Å²) >= 11 is 6.29. The SMILES string of the molecule is CCCCn1nc(C)c(/C=C/C(=O)N(C)CCC#N)c1Cl. The van der Waals surface area contributed by atoms with Crippen molar-refractivity contribution < 1.29 is 4.79 Å². The molecular formula is C15H21ClN4O. The lowest BCUT2D eigenvalue weighted by Crippen LogP contribution is -2.25. The van der Waals surface area contributed by atoms with Crippen LogP contribution in [0.25, 0.3) is 6.08 Å². The number of nitriles is 1. The van der Waals surface area contributed by atoms with Crippen LogP contribution in [-0.2, 0) is 11.3 Å². The predicted molar refractivity (Wildman–Crippen MR) is 83.8 cm³/mol. The summed E-state index contributed by atoms with van der Waals surface area (Å²) in [5.74, 6) is -0.151. The third kappa shape index (κ3) is 4.91. The zero-order valence-corrected chi connectivity index (χ0v) is 13.5. The summed E-state index contributed by atoms with van der Waals surface area (Å²) in [6.45, 7) is 5.18. The van der Waals surface area contributed by atoms with E-state index < -0.39 is 0 Å².